The van der Waals surface area contributed by atoms with Crippen molar-refractivity contribution in [2.75, 3.05) is 0 Å². The average molecular weight is 327 g/mol. The Bertz CT molecular complexity index is 672. The van der Waals surface area contributed by atoms with E-state index in [-0.39, 0.29) is 22.2 Å². The van der Waals surface area contributed by atoms with E-state index in [2.05, 4.69) is 46.7 Å². The van der Waals surface area contributed by atoms with Crippen LogP contribution in [0.3, 0.4) is 0 Å². The first-order valence-electron chi connectivity index (χ1n) is 8.95. The second kappa shape index (κ2) is 5.44. The molecule has 3 nitrogen and oxygen atoms in total. The van der Waals surface area contributed by atoms with E-state index in [0.29, 0.717) is 11.5 Å². The Hall–Kier alpha value is -1.64. The van der Waals surface area contributed by atoms with Gasteiger partial charge in [-0.3, -0.25) is 0 Å². The van der Waals surface area contributed by atoms with Crippen molar-refractivity contribution in [1.82, 2.24) is 0 Å². The lowest BCUT2D eigenvalue weighted by molar-refractivity contribution is 0.0506. The molecule has 3 rings (SSSR count). The highest BCUT2D eigenvalue weighted by Crippen LogP contribution is 2.60. The summed E-state index contributed by atoms with van der Waals surface area (Å²) in [5.41, 5.74) is 3.02. The van der Waals surface area contributed by atoms with Gasteiger partial charge in [-0.1, -0.05) is 58.8 Å². The maximum Gasteiger partial charge on any atom is 0.365 e. The predicted octanol–water partition coefficient (Wildman–Crippen LogP) is 5.34. The number of carbonyl (C=O) groups is 1. The van der Waals surface area contributed by atoms with E-state index in [1.807, 2.05) is 24.3 Å². The summed E-state index contributed by atoms with van der Waals surface area (Å²) >= 11 is 0. The van der Waals surface area contributed by atoms with E-state index in [4.69, 9.17) is 4.84 Å². The maximum absolute atomic E-state index is 12.4. The third kappa shape index (κ3) is 2.78. The highest BCUT2D eigenvalue weighted by atomic mass is 16.7. The predicted molar refractivity (Wildman–Crippen MR) is 97.2 cm³/mol. The van der Waals surface area contributed by atoms with Gasteiger partial charge in [0, 0.05) is 10.8 Å². The first kappa shape index (κ1) is 17.2. The Morgan fingerprint density at radius 3 is 2.29 bits per heavy atom. The number of carbonyl (C=O) groups excluding carboxylic acids is 1. The quantitative estimate of drug-likeness (QED) is 0.543. The molecule has 1 aromatic rings. The summed E-state index contributed by atoms with van der Waals surface area (Å²) < 4.78 is 0. The van der Waals surface area contributed by atoms with Gasteiger partial charge in [0.25, 0.3) is 0 Å². The molecule has 2 atom stereocenters. The number of nitrogens with zero attached hydrogens (tertiary/aromatic N) is 1. The van der Waals surface area contributed by atoms with Crippen molar-refractivity contribution in [1.29, 1.82) is 0 Å². The molecule has 0 amide bonds. The molecule has 1 unspecified atom stereocenters. The summed E-state index contributed by atoms with van der Waals surface area (Å²) in [6.45, 7) is 13.2. The summed E-state index contributed by atoms with van der Waals surface area (Å²) in [5.74, 6) is 0.288. The van der Waals surface area contributed by atoms with Gasteiger partial charge in [0.2, 0.25) is 0 Å². The van der Waals surface area contributed by atoms with Gasteiger partial charge in [0.05, 0.1) is 11.3 Å². The van der Waals surface area contributed by atoms with Gasteiger partial charge in [-0.15, -0.1) is 0 Å². The van der Waals surface area contributed by atoms with E-state index in [1.165, 1.54) is 12.0 Å². The van der Waals surface area contributed by atoms with Crippen LogP contribution in [-0.2, 0) is 10.3 Å². The molecular formula is C21H29NO2. The highest BCUT2D eigenvalue weighted by molar-refractivity contribution is 5.98. The molecule has 0 spiro atoms. The molecule has 0 heterocycles. The Morgan fingerprint density at radius 2 is 1.79 bits per heavy atom. The zero-order valence-electron chi connectivity index (χ0n) is 15.8. The Kier molecular flexibility index (Phi) is 3.89. The van der Waals surface area contributed by atoms with Gasteiger partial charge < -0.3 is 4.84 Å². The second-order valence-electron chi connectivity index (χ2n) is 9.37. The molecule has 0 aliphatic heterocycles. The summed E-state index contributed by atoms with van der Waals surface area (Å²) in [6, 6.07) is 7.65. The molecule has 24 heavy (non-hydrogen) atoms. The van der Waals surface area contributed by atoms with E-state index >= 15 is 0 Å². The molecular weight excluding hydrogens is 298 g/mol. The van der Waals surface area contributed by atoms with Crippen LogP contribution in [0.4, 0.5) is 0 Å². The highest BCUT2D eigenvalue weighted by Gasteiger charge is 2.57. The van der Waals surface area contributed by atoms with Crippen LogP contribution < -0.4 is 0 Å². The summed E-state index contributed by atoms with van der Waals surface area (Å²) in [4.78, 5) is 17.7. The monoisotopic (exact) mass is 327 g/mol. The van der Waals surface area contributed by atoms with Crippen molar-refractivity contribution in [2.45, 2.75) is 66.2 Å². The van der Waals surface area contributed by atoms with Crippen molar-refractivity contribution in [3.8, 4) is 0 Å². The Balaban J connectivity index is 1.76. The largest absolute Gasteiger partial charge is 0.365 e. The number of hydrogen-bond donors (Lipinski definition) is 0. The van der Waals surface area contributed by atoms with Crippen LogP contribution in [0.5, 0.6) is 0 Å². The first-order valence-corrected chi connectivity index (χ1v) is 8.95. The fourth-order valence-corrected chi connectivity index (χ4v) is 4.52. The van der Waals surface area contributed by atoms with E-state index in [1.54, 1.807) is 0 Å². The van der Waals surface area contributed by atoms with Crippen LogP contribution in [-0.4, -0.2) is 11.7 Å². The fraction of sp³-hybridized carbons (Fsp3) is 0.619. The normalized spacial score (nSPS) is 29.9. The molecule has 0 saturated heterocycles. The smallest absolute Gasteiger partial charge is 0.313 e. The second-order valence-corrected chi connectivity index (χ2v) is 9.37. The van der Waals surface area contributed by atoms with E-state index < -0.39 is 0 Å². The number of fused-ring (bicyclic) bond motifs is 2. The molecule has 130 valence electrons. The maximum atomic E-state index is 12.4. The third-order valence-electron chi connectivity index (χ3n) is 6.15. The molecule has 0 aromatic heterocycles. The van der Waals surface area contributed by atoms with E-state index in [9.17, 15) is 4.79 Å². The van der Waals surface area contributed by atoms with Crippen molar-refractivity contribution < 1.29 is 9.63 Å². The molecule has 3 heteroatoms. The minimum atomic E-state index is -0.370. The fourth-order valence-electron chi connectivity index (χ4n) is 4.52. The van der Waals surface area contributed by atoms with Gasteiger partial charge in [-0.25, -0.2) is 4.79 Å². The van der Waals surface area contributed by atoms with Crippen LogP contribution in [0.2, 0.25) is 0 Å². The van der Waals surface area contributed by atoms with Crippen LogP contribution in [0, 0.1) is 16.7 Å². The van der Waals surface area contributed by atoms with Crippen LogP contribution >= 0.6 is 0 Å². The number of rotatable bonds is 2. The Morgan fingerprint density at radius 1 is 1.17 bits per heavy atom. The molecule has 2 fully saturated rings. The van der Waals surface area contributed by atoms with Crippen molar-refractivity contribution in [3.63, 3.8) is 0 Å². The summed E-state index contributed by atoms with van der Waals surface area (Å²) in [5, 5.41) is 4.35. The Labute approximate surface area is 145 Å². The standard InChI is InChI=1S/C21H29NO2/c1-19(2,3)15-9-7-14(8-10-15)17(23)24-22-18-20(4,5)16-11-12-21(18,6)13-16/h7-10,16H,11-13H2,1-6H3/t16?,21-/m1/s1. The lowest BCUT2D eigenvalue weighted by Crippen LogP contribution is -2.36. The van der Waals surface area contributed by atoms with Gasteiger partial charge in [0.15, 0.2) is 0 Å². The average Bonchev–Trinajstić information content (AvgIpc) is 2.97. The van der Waals surface area contributed by atoms with Crippen LogP contribution in [0.15, 0.2) is 29.4 Å². The topological polar surface area (TPSA) is 38.7 Å². The zero-order valence-corrected chi connectivity index (χ0v) is 15.8. The lowest BCUT2D eigenvalue weighted by Gasteiger charge is -2.34. The number of hydrogen-bond acceptors (Lipinski definition) is 3. The molecule has 2 bridgehead atoms. The van der Waals surface area contributed by atoms with Crippen LogP contribution in [0.1, 0.15) is 76.7 Å². The van der Waals surface area contributed by atoms with Gasteiger partial charge >= 0.3 is 5.97 Å². The molecule has 2 saturated carbocycles. The van der Waals surface area contributed by atoms with Gasteiger partial charge in [0.1, 0.15) is 0 Å². The summed E-state index contributed by atoms with van der Waals surface area (Å²) in [7, 11) is 0. The van der Waals surface area contributed by atoms with Crippen LogP contribution in [0.25, 0.3) is 0 Å². The third-order valence-corrected chi connectivity index (χ3v) is 6.15. The number of benzene rings is 1. The van der Waals surface area contributed by atoms with Gasteiger partial charge in [-0.05, 0) is 48.3 Å². The van der Waals surface area contributed by atoms with Crippen molar-refractivity contribution in [2.24, 2.45) is 21.9 Å². The van der Waals surface area contributed by atoms with E-state index in [0.717, 1.165) is 18.6 Å². The molecule has 0 N–H and O–H groups in total. The minimum absolute atomic E-state index is 0.0311. The first-order chi connectivity index (χ1) is 11.0. The lowest BCUT2D eigenvalue weighted by atomic mass is 9.71. The molecule has 0 radical (unpaired) electrons. The molecule has 1 aromatic carbocycles. The minimum Gasteiger partial charge on any atom is -0.313 e. The summed E-state index contributed by atoms with van der Waals surface area (Å²) in [6.07, 6.45) is 3.57. The van der Waals surface area contributed by atoms with Crippen molar-refractivity contribution in [3.05, 3.63) is 35.4 Å². The number of oxime groups is 1. The van der Waals surface area contributed by atoms with Gasteiger partial charge in [-0.2, -0.15) is 0 Å². The molecule has 2 aliphatic carbocycles. The van der Waals surface area contributed by atoms with Crippen molar-refractivity contribution >= 4 is 11.7 Å². The molecule has 2 aliphatic rings. The zero-order chi connectivity index (χ0) is 17.8. The SMILES string of the molecule is CC(C)(C)c1ccc(C(=O)ON=C2C(C)(C)C3CC[C@]2(C)C3)cc1.